The molecule has 0 aliphatic carbocycles. The van der Waals surface area contributed by atoms with E-state index in [1.807, 2.05) is 0 Å². The highest BCUT2D eigenvalue weighted by molar-refractivity contribution is 7.89. The van der Waals surface area contributed by atoms with Crippen molar-refractivity contribution in [1.82, 2.24) is 5.32 Å². The van der Waals surface area contributed by atoms with Crippen LogP contribution in [0.15, 0.2) is 39.1 Å². The first-order chi connectivity index (χ1) is 10.2. The Bertz CT molecular complexity index is 753. The van der Waals surface area contributed by atoms with Gasteiger partial charge in [-0.1, -0.05) is 0 Å². The van der Waals surface area contributed by atoms with Crippen molar-refractivity contribution in [2.75, 3.05) is 4.90 Å². The molecule has 118 valence electrons. The topological polar surface area (TPSA) is 202 Å². The molecule has 0 saturated heterocycles. The Morgan fingerprint density at radius 1 is 1.32 bits per heavy atom. The van der Waals surface area contributed by atoms with Gasteiger partial charge in [-0.25, -0.2) is 18.5 Å². The second-order valence-electron chi connectivity index (χ2n) is 4.28. The van der Waals surface area contributed by atoms with Gasteiger partial charge >= 0.3 is 0 Å². The third-order valence-electron chi connectivity index (χ3n) is 2.67. The molecule has 12 heteroatoms. The van der Waals surface area contributed by atoms with Crippen molar-refractivity contribution in [3.63, 3.8) is 0 Å². The molecule has 0 fully saturated rings. The molecule has 22 heavy (non-hydrogen) atoms. The summed E-state index contributed by atoms with van der Waals surface area (Å²) in [6.45, 7) is 0. The van der Waals surface area contributed by atoms with Crippen LogP contribution in [0.5, 0.6) is 0 Å². The number of aliphatic imine (C=N–C) groups is 2. The first-order valence-corrected chi connectivity index (χ1v) is 7.44. The molecule has 0 aromatic heterocycles. The normalized spacial score (nSPS) is 18.5. The van der Waals surface area contributed by atoms with Crippen molar-refractivity contribution >= 4 is 33.6 Å². The maximum Gasteiger partial charge on any atom is 0.238 e. The van der Waals surface area contributed by atoms with Crippen LogP contribution in [0.4, 0.5) is 5.69 Å². The molecule has 1 aromatic rings. The van der Waals surface area contributed by atoms with E-state index in [1.165, 1.54) is 29.2 Å². The number of sulfonamides is 1. The Hall–Kier alpha value is -2.70. The van der Waals surface area contributed by atoms with E-state index in [0.717, 1.165) is 0 Å². The summed E-state index contributed by atoms with van der Waals surface area (Å²) < 4.78 is 22.5. The van der Waals surface area contributed by atoms with Crippen LogP contribution < -0.4 is 32.6 Å². The van der Waals surface area contributed by atoms with Crippen LogP contribution in [0.2, 0.25) is 0 Å². The number of guanidine groups is 3. The van der Waals surface area contributed by atoms with E-state index in [4.69, 9.17) is 27.7 Å². The van der Waals surface area contributed by atoms with Gasteiger partial charge in [-0.2, -0.15) is 4.99 Å². The van der Waals surface area contributed by atoms with Crippen LogP contribution >= 0.6 is 0 Å². The number of hydrogen-bond acceptors (Lipinski definition) is 8. The van der Waals surface area contributed by atoms with Crippen molar-refractivity contribution in [1.29, 1.82) is 5.41 Å². The van der Waals surface area contributed by atoms with Gasteiger partial charge < -0.3 is 11.5 Å². The molecule has 11 nitrogen and oxygen atoms in total. The minimum Gasteiger partial charge on any atom is -0.370 e. The van der Waals surface area contributed by atoms with Crippen LogP contribution in [0.25, 0.3) is 0 Å². The lowest BCUT2D eigenvalue weighted by atomic mass is 10.3. The van der Waals surface area contributed by atoms with E-state index in [0.29, 0.717) is 5.69 Å². The predicted octanol–water partition coefficient (Wildman–Crippen LogP) is -2.45. The minimum absolute atomic E-state index is 0.0529. The molecule has 0 spiro atoms. The van der Waals surface area contributed by atoms with Gasteiger partial charge in [0.1, 0.15) is 0 Å². The van der Waals surface area contributed by atoms with Crippen LogP contribution in [0.3, 0.4) is 0 Å². The summed E-state index contributed by atoms with van der Waals surface area (Å²) in [5, 5.41) is 14.8. The summed E-state index contributed by atoms with van der Waals surface area (Å²) in [6.07, 6.45) is -0.917. The number of nitrogens with one attached hydrogen (secondary N) is 2. The lowest BCUT2D eigenvalue weighted by Gasteiger charge is -2.31. The van der Waals surface area contributed by atoms with Crippen molar-refractivity contribution in [2.45, 2.75) is 11.2 Å². The van der Waals surface area contributed by atoms with Crippen molar-refractivity contribution in [2.24, 2.45) is 32.3 Å². The Kier molecular flexibility index (Phi) is 3.99. The van der Waals surface area contributed by atoms with Crippen LogP contribution in [0, 0.1) is 5.41 Å². The molecular weight excluding hydrogens is 310 g/mol. The van der Waals surface area contributed by atoms with Crippen molar-refractivity contribution in [3.05, 3.63) is 24.3 Å². The Labute approximate surface area is 126 Å². The quantitative estimate of drug-likeness (QED) is 0.255. The lowest BCUT2D eigenvalue weighted by molar-refractivity contribution is 0.598. The second kappa shape index (κ2) is 5.59. The van der Waals surface area contributed by atoms with Crippen LogP contribution in [-0.2, 0) is 10.0 Å². The average Bonchev–Trinajstić information content (AvgIpc) is 2.36. The third kappa shape index (κ3) is 3.30. The summed E-state index contributed by atoms with van der Waals surface area (Å²) in [5.74, 6) is -0.351. The minimum atomic E-state index is -3.80. The highest BCUT2D eigenvalue weighted by Crippen LogP contribution is 2.20. The molecule has 10 N–H and O–H groups in total. The zero-order valence-electron chi connectivity index (χ0n) is 11.3. The highest BCUT2D eigenvalue weighted by atomic mass is 32.2. The fourth-order valence-corrected chi connectivity index (χ4v) is 2.31. The number of anilines is 1. The molecule has 2 rings (SSSR count). The van der Waals surface area contributed by atoms with E-state index in [2.05, 4.69) is 15.3 Å². The first kappa shape index (κ1) is 15.7. The molecule has 1 unspecified atom stereocenters. The molecular formula is C10H15N9O2S. The van der Waals surface area contributed by atoms with Crippen molar-refractivity contribution < 1.29 is 8.42 Å². The molecule has 0 bridgehead atoms. The number of nitrogens with two attached hydrogens (primary N) is 4. The summed E-state index contributed by atoms with van der Waals surface area (Å²) in [4.78, 5) is 9.14. The van der Waals surface area contributed by atoms with Crippen LogP contribution in [0.1, 0.15) is 0 Å². The molecule has 1 aliphatic rings. The highest BCUT2D eigenvalue weighted by Gasteiger charge is 2.25. The Morgan fingerprint density at radius 3 is 2.41 bits per heavy atom. The summed E-state index contributed by atoms with van der Waals surface area (Å²) >= 11 is 0. The number of primary sulfonamides is 1. The third-order valence-corrected chi connectivity index (χ3v) is 3.60. The van der Waals surface area contributed by atoms with E-state index < -0.39 is 16.3 Å². The SMILES string of the molecule is N=C(N)NC1=NC(N)=NC(N)N1c1ccc(S(N)(=O)=O)cc1. The number of hydrogen-bond donors (Lipinski definition) is 6. The molecule has 1 heterocycles. The summed E-state index contributed by atoms with van der Waals surface area (Å²) in [7, 11) is -3.80. The van der Waals surface area contributed by atoms with Gasteiger partial charge in [0.2, 0.25) is 21.9 Å². The smallest absolute Gasteiger partial charge is 0.238 e. The molecule has 0 saturated carbocycles. The largest absolute Gasteiger partial charge is 0.370 e. The van der Waals surface area contributed by atoms with Gasteiger partial charge in [0, 0.05) is 5.69 Å². The Morgan fingerprint density at radius 2 is 1.91 bits per heavy atom. The van der Waals surface area contributed by atoms with Gasteiger partial charge in [0.05, 0.1) is 4.90 Å². The van der Waals surface area contributed by atoms with Gasteiger partial charge in [0.15, 0.2) is 12.2 Å². The second-order valence-corrected chi connectivity index (χ2v) is 5.85. The summed E-state index contributed by atoms with van der Waals surface area (Å²) in [5.41, 5.74) is 17.1. The summed E-state index contributed by atoms with van der Waals surface area (Å²) in [6, 6.07) is 5.55. The van der Waals surface area contributed by atoms with Crippen molar-refractivity contribution in [3.8, 4) is 0 Å². The fourth-order valence-electron chi connectivity index (χ4n) is 1.79. The molecule has 0 amide bonds. The van der Waals surface area contributed by atoms with Gasteiger partial charge in [0.25, 0.3) is 0 Å². The molecule has 1 aromatic carbocycles. The van der Waals surface area contributed by atoms with E-state index in [1.54, 1.807) is 0 Å². The molecule has 1 aliphatic heterocycles. The van der Waals surface area contributed by atoms with Gasteiger partial charge in [-0.15, -0.1) is 0 Å². The maximum absolute atomic E-state index is 11.3. The lowest BCUT2D eigenvalue weighted by Crippen LogP contribution is -2.56. The number of nitrogens with zero attached hydrogens (tertiary/aromatic N) is 3. The standard InChI is InChI=1S/C10H15N9O2S/c11-7(12)16-10-18-8(13)17-9(14)19(10)5-1-3-6(4-2-5)22(15,20)21/h1-4,9H,14H2,(H2,15,20,21)(H6,11,12,13,16,17,18). The molecule has 1 atom stereocenters. The number of benzene rings is 1. The van der Waals surface area contributed by atoms with Crippen LogP contribution in [-0.4, -0.2) is 32.6 Å². The Balaban J connectivity index is 2.40. The zero-order chi connectivity index (χ0) is 16.5. The maximum atomic E-state index is 11.3. The van der Waals surface area contributed by atoms with Gasteiger partial charge in [-0.3, -0.25) is 21.4 Å². The predicted molar refractivity (Wildman–Crippen MR) is 82.4 cm³/mol. The first-order valence-electron chi connectivity index (χ1n) is 5.89. The van der Waals surface area contributed by atoms with Gasteiger partial charge in [-0.05, 0) is 24.3 Å². The monoisotopic (exact) mass is 325 g/mol. The van der Waals surface area contributed by atoms with E-state index in [9.17, 15) is 8.42 Å². The zero-order valence-corrected chi connectivity index (χ0v) is 12.1. The average molecular weight is 325 g/mol. The fraction of sp³-hybridized carbons (Fsp3) is 0.100. The number of rotatable bonds is 2. The van der Waals surface area contributed by atoms with E-state index in [-0.39, 0.29) is 22.8 Å². The molecule has 0 radical (unpaired) electrons. The van der Waals surface area contributed by atoms with E-state index >= 15 is 0 Å².